The number of hydrogen-bond donors (Lipinski definition) is 0. The highest BCUT2D eigenvalue weighted by Crippen LogP contribution is 2.25. The monoisotopic (exact) mass is 388 g/mol. The fourth-order valence-corrected chi connectivity index (χ4v) is 3.49. The van der Waals surface area contributed by atoms with Crippen molar-refractivity contribution >= 4 is 44.3 Å². The summed E-state index contributed by atoms with van der Waals surface area (Å²) in [6.45, 7) is 3.13. The van der Waals surface area contributed by atoms with E-state index < -0.39 is 0 Å². The molecular weight excluding hydrogens is 372 g/mol. The Hall–Kier alpha value is -1.59. The van der Waals surface area contributed by atoms with Crippen LogP contribution in [-0.2, 0) is 0 Å². The normalized spacial score (nSPS) is 13.7. The molecule has 0 saturated heterocycles. The summed E-state index contributed by atoms with van der Waals surface area (Å²) < 4.78 is 1.02. The van der Waals surface area contributed by atoms with Crippen molar-refractivity contribution in [1.82, 2.24) is 0 Å². The van der Waals surface area contributed by atoms with E-state index in [1.807, 2.05) is 60.4 Å². The van der Waals surface area contributed by atoms with Crippen molar-refractivity contribution in [3.05, 3.63) is 64.1 Å². The zero-order chi connectivity index (χ0) is 16.2. The molecule has 3 rings (SSSR count). The molecule has 0 saturated carbocycles. The molecule has 5 heteroatoms. The van der Waals surface area contributed by atoms with Crippen molar-refractivity contribution in [1.29, 1.82) is 0 Å². The van der Waals surface area contributed by atoms with Gasteiger partial charge in [0, 0.05) is 21.5 Å². The molecule has 0 unspecified atom stereocenters. The minimum absolute atomic E-state index is 0.100. The summed E-state index contributed by atoms with van der Waals surface area (Å²) in [6.07, 6.45) is 0. The summed E-state index contributed by atoms with van der Waals surface area (Å²) in [4.78, 5) is 19.2. The minimum atomic E-state index is 0.100. The zero-order valence-corrected chi connectivity index (χ0v) is 15.2. The highest BCUT2D eigenvalue weighted by molar-refractivity contribution is 9.10. The van der Waals surface area contributed by atoms with Crippen LogP contribution in [0.1, 0.15) is 15.9 Å². The van der Waals surface area contributed by atoms with E-state index in [2.05, 4.69) is 20.9 Å². The first kappa shape index (κ1) is 16.3. The van der Waals surface area contributed by atoms with E-state index in [0.29, 0.717) is 6.54 Å². The van der Waals surface area contributed by atoms with Crippen LogP contribution in [0, 0.1) is 6.92 Å². The number of halogens is 1. The van der Waals surface area contributed by atoms with Crippen molar-refractivity contribution in [2.75, 3.05) is 23.7 Å². The van der Waals surface area contributed by atoms with Gasteiger partial charge in [0.25, 0.3) is 0 Å². The predicted octanol–water partition coefficient (Wildman–Crippen LogP) is 4.55. The van der Waals surface area contributed by atoms with Gasteiger partial charge in [-0.3, -0.25) is 9.79 Å². The number of thioether (sulfide) groups is 1. The Kier molecular flexibility index (Phi) is 5.18. The lowest BCUT2D eigenvalue weighted by Crippen LogP contribution is -2.33. The van der Waals surface area contributed by atoms with Gasteiger partial charge in [0.2, 0.25) is 0 Å². The molecule has 2 aromatic rings. The third-order valence-corrected chi connectivity index (χ3v) is 5.14. The molecule has 0 amide bonds. The largest absolute Gasteiger partial charge is 0.313 e. The third kappa shape index (κ3) is 4.03. The van der Waals surface area contributed by atoms with Gasteiger partial charge in [-0.25, -0.2) is 0 Å². The average Bonchev–Trinajstić information content (AvgIpc) is 3.08. The number of hydrogen-bond acceptors (Lipinski definition) is 4. The number of anilines is 1. The van der Waals surface area contributed by atoms with E-state index in [-0.39, 0.29) is 5.78 Å². The number of aryl methyl sites for hydroxylation is 1. The molecule has 0 fully saturated rings. The fourth-order valence-electron chi connectivity index (χ4n) is 2.35. The molecule has 1 aliphatic rings. The molecule has 1 heterocycles. The van der Waals surface area contributed by atoms with Crippen molar-refractivity contribution in [2.24, 2.45) is 4.99 Å². The minimum Gasteiger partial charge on any atom is -0.313 e. The molecule has 1 aliphatic heterocycles. The Labute approximate surface area is 148 Å². The number of benzene rings is 2. The quantitative estimate of drug-likeness (QED) is 0.720. The van der Waals surface area contributed by atoms with Crippen LogP contribution in [-0.4, -0.2) is 29.8 Å². The Balaban J connectivity index is 1.85. The van der Waals surface area contributed by atoms with E-state index in [0.717, 1.165) is 38.8 Å². The molecule has 0 atom stereocenters. The van der Waals surface area contributed by atoms with Crippen LogP contribution < -0.4 is 4.90 Å². The zero-order valence-electron chi connectivity index (χ0n) is 12.8. The maximum Gasteiger partial charge on any atom is 0.182 e. The molecule has 0 spiro atoms. The number of carbonyl (C=O) groups excluding carboxylic acids is 1. The van der Waals surface area contributed by atoms with E-state index >= 15 is 0 Å². The van der Waals surface area contributed by atoms with Gasteiger partial charge in [-0.1, -0.05) is 57.5 Å². The molecule has 23 heavy (non-hydrogen) atoms. The maximum atomic E-state index is 12.6. The van der Waals surface area contributed by atoms with Gasteiger partial charge in [0.05, 0.1) is 13.1 Å². The van der Waals surface area contributed by atoms with Gasteiger partial charge in [-0.15, -0.1) is 0 Å². The number of Topliss-reactive ketones (excluding diaryl/α,β-unsaturated/α-hetero) is 1. The third-order valence-electron chi connectivity index (χ3n) is 3.61. The van der Waals surface area contributed by atoms with Crippen LogP contribution in [0.4, 0.5) is 5.69 Å². The summed E-state index contributed by atoms with van der Waals surface area (Å²) in [5, 5.41) is 0.924. The average molecular weight is 389 g/mol. The van der Waals surface area contributed by atoms with Gasteiger partial charge in [0.15, 0.2) is 11.0 Å². The highest BCUT2D eigenvalue weighted by atomic mass is 79.9. The Bertz CT molecular complexity index is 726. The van der Waals surface area contributed by atoms with Gasteiger partial charge < -0.3 is 4.90 Å². The SMILES string of the molecule is Cc1ccc(C(=O)CN(C2=NCCS2)c2ccc(Br)cc2)cc1. The lowest BCUT2D eigenvalue weighted by molar-refractivity contribution is 0.100. The molecular formula is C18H17BrN2OS. The first-order valence-electron chi connectivity index (χ1n) is 7.44. The highest BCUT2D eigenvalue weighted by Gasteiger charge is 2.21. The van der Waals surface area contributed by atoms with Crippen LogP contribution in [0.15, 0.2) is 58.0 Å². The number of carbonyl (C=O) groups is 1. The lowest BCUT2D eigenvalue weighted by atomic mass is 10.1. The van der Waals surface area contributed by atoms with Gasteiger partial charge in [-0.05, 0) is 31.2 Å². The maximum absolute atomic E-state index is 12.6. The van der Waals surface area contributed by atoms with Crippen molar-refractivity contribution < 1.29 is 4.79 Å². The summed E-state index contributed by atoms with van der Waals surface area (Å²) >= 11 is 5.15. The topological polar surface area (TPSA) is 32.7 Å². The predicted molar refractivity (Wildman–Crippen MR) is 102 cm³/mol. The number of ketones is 1. The van der Waals surface area contributed by atoms with Crippen LogP contribution in [0.2, 0.25) is 0 Å². The molecule has 0 N–H and O–H groups in total. The number of aliphatic imine (C=N–C) groups is 1. The van der Waals surface area contributed by atoms with Gasteiger partial charge >= 0.3 is 0 Å². The van der Waals surface area contributed by atoms with Gasteiger partial charge in [-0.2, -0.15) is 0 Å². The second-order valence-corrected chi connectivity index (χ2v) is 7.34. The summed E-state index contributed by atoms with van der Waals surface area (Å²) in [7, 11) is 0. The first-order valence-corrected chi connectivity index (χ1v) is 9.21. The van der Waals surface area contributed by atoms with E-state index in [1.54, 1.807) is 11.8 Å². The van der Waals surface area contributed by atoms with Crippen molar-refractivity contribution in [2.45, 2.75) is 6.92 Å². The smallest absolute Gasteiger partial charge is 0.182 e. The van der Waals surface area contributed by atoms with Crippen molar-refractivity contribution in [3.8, 4) is 0 Å². The Morgan fingerprint density at radius 2 is 1.87 bits per heavy atom. The van der Waals surface area contributed by atoms with Crippen LogP contribution >= 0.6 is 27.7 Å². The van der Waals surface area contributed by atoms with Crippen LogP contribution in [0.25, 0.3) is 0 Å². The molecule has 118 valence electrons. The number of rotatable bonds is 4. The second-order valence-electron chi connectivity index (χ2n) is 5.36. The standard InChI is InChI=1S/C18H17BrN2OS/c1-13-2-4-14(5-3-13)17(22)12-21(18-20-10-11-23-18)16-8-6-15(19)7-9-16/h2-9H,10-12H2,1H3. The summed E-state index contributed by atoms with van der Waals surface area (Å²) in [5.41, 5.74) is 2.88. The molecule has 0 aromatic heterocycles. The van der Waals surface area contributed by atoms with Crippen molar-refractivity contribution in [3.63, 3.8) is 0 Å². The first-order chi connectivity index (χ1) is 11.1. The van der Waals surface area contributed by atoms with Crippen LogP contribution in [0.3, 0.4) is 0 Å². The molecule has 0 aliphatic carbocycles. The Morgan fingerprint density at radius 1 is 1.17 bits per heavy atom. The lowest BCUT2D eigenvalue weighted by Gasteiger charge is -2.23. The van der Waals surface area contributed by atoms with E-state index in [1.165, 1.54) is 0 Å². The number of nitrogens with zero attached hydrogens (tertiary/aromatic N) is 2. The molecule has 2 aromatic carbocycles. The summed E-state index contributed by atoms with van der Waals surface area (Å²) in [5.74, 6) is 1.07. The molecule has 3 nitrogen and oxygen atoms in total. The molecule has 0 bridgehead atoms. The Morgan fingerprint density at radius 3 is 2.48 bits per heavy atom. The molecule has 0 radical (unpaired) electrons. The fraction of sp³-hybridized carbons (Fsp3) is 0.222. The van der Waals surface area contributed by atoms with E-state index in [4.69, 9.17) is 0 Å². The van der Waals surface area contributed by atoms with Crippen LogP contribution in [0.5, 0.6) is 0 Å². The second kappa shape index (κ2) is 7.32. The number of amidine groups is 1. The summed E-state index contributed by atoms with van der Waals surface area (Å²) in [6, 6.07) is 15.7. The van der Waals surface area contributed by atoms with E-state index in [9.17, 15) is 4.79 Å². The van der Waals surface area contributed by atoms with Gasteiger partial charge in [0.1, 0.15) is 0 Å².